The second-order valence-electron chi connectivity index (χ2n) is 7.31. The molecule has 6 heteroatoms. The van der Waals surface area contributed by atoms with E-state index < -0.39 is 17.2 Å². The average Bonchev–Trinajstić information content (AvgIpc) is 2.43. The molecule has 0 spiro atoms. The molecule has 1 fully saturated rings. The SMILES string of the molecule is CCCC1(C(O)c2ccc(Cl)c(Cl)c2)CCN1C(=O)OC(C)(C)C. The lowest BCUT2D eigenvalue weighted by Crippen LogP contribution is -2.65. The van der Waals surface area contributed by atoms with Gasteiger partial charge in [0.15, 0.2) is 0 Å². The molecule has 0 bridgehead atoms. The molecule has 0 aliphatic carbocycles. The number of carbonyl (C=O) groups is 1. The van der Waals surface area contributed by atoms with Crippen LogP contribution in [0.5, 0.6) is 0 Å². The van der Waals surface area contributed by atoms with Gasteiger partial charge in [-0.2, -0.15) is 0 Å². The number of ether oxygens (including phenoxy) is 1. The first-order valence-electron chi connectivity index (χ1n) is 8.24. The highest BCUT2D eigenvalue weighted by Crippen LogP contribution is 2.46. The summed E-state index contributed by atoms with van der Waals surface area (Å²) in [6.07, 6.45) is 1.03. The monoisotopic (exact) mass is 373 g/mol. The Kier molecular flexibility index (Phi) is 5.73. The van der Waals surface area contributed by atoms with E-state index in [4.69, 9.17) is 27.9 Å². The van der Waals surface area contributed by atoms with Gasteiger partial charge in [-0.15, -0.1) is 0 Å². The molecule has 2 rings (SSSR count). The molecule has 2 atom stereocenters. The van der Waals surface area contributed by atoms with Crippen LogP contribution in [0.3, 0.4) is 0 Å². The smallest absolute Gasteiger partial charge is 0.410 e. The highest BCUT2D eigenvalue weighted by molar-refractivity contribution is 6.42. The Labute approximate surface area is 153 Å². The molecule has 1 aliphatic rings. The van der Waals surface area contributed by atoms with E-state index in [-0.39, 0.29) is 6.09 Å². The van der Waals surface area contributed by atoms with Crippen LogP contribution in [0.2, 0.25) is 10.0 Å². The van der Waals surface area contributed by atoms with E-state index in [1.54, 1.807) is 23.1 Å². The van der Waals surface area contributed by atoms with E-state index in [1.165, 1.54) is 0 Å². The molecule has 1 aliphatic heterocycles. The molecule has 1 aromatic carbocycles. The zero-order chi connectivity index (χ0) is 18.1. The van der Waals surface area contributed by atoms with E-state index >= 15 is 0 Å². The minimum atomic E-state index is -0.839. The van der Waals surface area contributed by atoms with Gasteiger partial charge in [0, 0.05) is 6.54 Å². The maximum Gasteiger partial charge on any atom is 0.410 e. The Morgan fingerprint density at radius 3 is 2.50 bits per heavy atom. The summed E-state index contributed by atoms with van der Waals surface area (Å²) in [5.74, 6) is 0. The van der Waals surface area contributed by atoms with Crippen LogP contribution in [0.4, 0.5) is 4.79 Å². The fraction of sp³-hybridized carbons (Fsp3) is 0.611. The lowest BCUT2D eigenvalue weighted by molar-refractivity contribution is -0.108. The summed E-state index contributed by atoms with van der Waals surface area (Å²) in [6.45, 7) is 8.12. The molecule has 1 saturated heterocycles. The van der Waals surface area contributed by atoms with Crippen LogP contribution in [0, 0.1) is 0 Å². The van der Waals surface area contributed by atoms with Gasteiger partial charge < -0.3 is 9.84 Å². The van der Waals surface area contributed by atoms with Gasteiger partial charge >= 0.3 is 6.09 Å². The standard InChI is InChI=1S/C18H25Cl2NO3/c1-5-8-18(9-10-21(18)16(23)24-17(2,3)4)15(22)12-6-7-13(19)14(20)11-12/h6-7,11,15,22H,5,8-10H2,1-4H3. The van der Waals surface area contributed by atoms with Gasteiger partial charge in [-0.05, 0) is 51.3 Å². The van der Waals surface area contributed by atoms with E-state index in [2.05, 4.69) is 0 Å². The maximum atomic E-state index is 12.5. The van der Waals surface area contributed by atoms with Crippen molar-refractivity contribution in [2.24, 2.45) is 0 Å². The number of amides is 1. The number of halogens is 2. The number of nitrogens with zero attached hydrogens (tertiary/aromatic N) is 1. The first kappa shape index (κ1) is 19.4. The molecule has 0 radical (unpaired) electrons. The van der Waals surface area contributed by atoms with Crippen molar-refractivity contribution in [3.8, 4) is 0 Å². The Balaban J connectivity index is 2.29. The van der Waals surface area contributed by atoms with Crippen molar-refractivity contribution in [1.29, 1.82) is 0 Å². The minimum Gasteiger partial charge on any atom is -0.444 e. The van der Waals surface area contributed by atoms with Gasteiger partial charge in [-0.1, -0.05) is 42.6 Å². The fourth-order valence-electron chi connectivity index (χ4n) is 3.21. The van der Waals surface area contributed by atoms with E-state index in [9.17, 15) is 9.90 Å². The number of benzene rings is 1. The predicted octanol–water partition coefficient (Wildman–Crippen LogP) is 5.21. The molecule has 1 aromatic rings. The zero-order valence-corrected chi connectivity index (χ0v) is 16.1. The minimum absolute atomic E-state index is 0.388. The normalized spacial score (nSPS) is 22.0. The first-order valence-corrected chi connectivity index (χ1v) is 9.00. The van der Waals surface area contributed by atoms with Gasteiger partial charge in [-0.25, -0.2) is 4.79 Å². The van der Waals surface area contributed by atoms with Crippen LogP contribution in [0.1, 0.15) is 58.6 Å². The van der Waals surface area contributed by atoms with Crippen molar-refractivity contribution in [3.05, 3.63) is 33.8 Å². The fourth-order valence-corrected chi connectivity index (χ4v) is 3.51. The zero-order valence-electron chi connectivity index (χ0n) is 14.6. The molecule has 1 heterocycles. The third-order valence-corrected chi connectivity index (χ3v) is 5.11. The maximum absolute atomic E-state index is 12.5. The number of aliphatic hydroxyl groups is 1. The highest BCUT2D eigenvalue weighted by atomic mass is 35.5. The number of hydrogen-bond donors (Lipinski definition) is 1. The third kappa shape index (κ3) is 3.81. The summed E-state index contributed by atoms with van der Waals surface area (Å²) in [5, 5.41) is 11.8. The molecule has 24 heavy (non-hydrogen) atoms. The molecule has 1 amide bonds. The van der Waals surface area contributed by atoms with Crippen LogP contribution >= 0.6 is 23.2 Å². The Morgan fingerprint density at radius 2 is 2.04 bits per heavy atom. The van der Waals surface area contributed by atoms with Crippen LogP contribution < -0.4 is 0 Å². The molecule has 134 valence electrons. The third-order valence-electron chi connectivity index (χ3n) is 4.37. The Bertz CT molecular complexity index is 615. The van der Waals surface area contributed by atoms with Crippen LogP contribution in [-0.4, -0.2) is 33.8 Å². The van der Waals surface area contributed by atoms with Crippen molar-refractivity contribution in [2.45, 2.75) is 64.2 Å². The summed E-state index contributed by atoms with van der Waals surface area (Å²) >= 11 is 12.0. The molecule has 1 N–H and O–H groups in total. The highest BCUT2D eigenvalue weighted by Gasteiger charge is 2.53. The van der Waals surface area contributed by atoms with Crippen molar-refractivity contribution in [3.63, 3.8) is 0 Å². The van der Waals surface area contributed by atoms with Gasteiger partial charge in [0.1, 0.15) is 11.7 Å². The van der Waals surface area contributed by atoms with Crippen LogP contribution in [0.25, 0.3) is 0 Å². The summed E-state index contributed by atoms with van der Waals surface area (Å²) in [5.41, 5.74) is -0.570. The van der Waals surface area contributed by atoms with Gasteiger partial charge in [0.2, 0.25) is 0 Å². The number of aliphatic hydroxyl groups excluding tert-OH is 1. The number of rotatable bonds is 4. The van der Waals surface area contributed by atoms with Gasteiger partial charge in [-0.3, -0.25) is 4.90 Å². The summed E-state index contributed by atoms with van der Waals surface area (Å²) < 4.78 is 5.50. The first-order chi connectivity index (χ1) is 11.1. The summed E-state index contributed by atoms with van der Waals surface area (Å²) in [6, 6.07) is 5.08. The van der Waals surface area contributed by atoms with Crippen LogP contribution in [-0.2, 0) is 4.74 Å². The second kappa shape index (κ2) is 7.11. The predicted molar refractivity (Wildman–Crippen MR) is 96.6 cm³/mol. The van der Waals surface area contributed by atoms with Gasteiger partial charge in [0.25, 0.3) is 0 Å². The Hall–Kier alpha value is -0.970. The van der Waals surface area contributed by atoms with E-state index in [0.717, 1.165) is 12.8 Å². The lowest BCUT2D eigenvalue weighted by atomic mass is 9.74. The number of hydrogen-bond acceptors (Lipinski definition) is 3. The molecule has 0 aromatic heterocycles. The van der Waals surface area contributed by atoms with Crippen molar-refractivity contribution >= 4 is 29.3 Å². The quantitative estimate of drug-likeness (QED) is 0.787. The molecular formula is C18H25Cl2NO3. The average molecular weight is 374 g/mol. The van der Waals surface area contributed by atoms with Crippen molar-refractivity contribution in [1.82, 2.24) is 4.90 Å². The molecule has 4 nitrogen and oxygen atoms in total. The Morgan fingerprint density at radius 1 is 1.38 bits per heavy atom. The molecule has 0 saturated carbocycles. The number of carbonyl (C=O) groups excluding carboxylic acids is 1. The van der Waals surface area contributed by atoms with E-state index in [0.29, 0.717) is 28.6 Å². The van der Waals surface area contributed by atoms with Crippen molar-refractivity contribution < 1.29 is 14.6 Å². The lowest BCUT2D eigenvalue weighted by Gasteiger charge is -2.55. The van der Waals surface area contributed by atoms with E-state index in [1.807, 2.05) is 27.7 Å². The summed E-state index contributed by atoms with van der Waals surface area (Å²) in [4.78, 5) is 14.2. The molecule has 2 unspecified atom stereocenters. The van der Waals surface area contributed by atoms with Gasteiger partial charge in [0.05, 0.1) is 15.6 Å². The molecular weight excluding hydrogens is 349 g/mol. The number of likely N-dealkylation sites (tertiary alicyclic amines) is 1. The van der Waals surface area contributed by atoms with Crippen LogP contribution in [0.15, 0.2) is 18.2 Å². The summed E-state index contributed by atoms with van der Waals surface area (Å²) in [7, 11) is 0. The topological polar surface area (TPSA) is 49.8 Å². The second-order valence-corrected chi connectivity index (χ2v) is 8.13. The largest absolute Gasteiger partial charge is 0.444 e. The van der Waals surface area contributed by atoms with Crippen molar-refractivity contribution in [2.75, 3.05) is 6.54 Å².